The first kappa shape index (κ1) is 15.7. The molecule has 0 fully saturated rings. The molecule has 0 amide bonds. The summed E-state index contributed by atoms with van der Waals surface area (Å²) >= 11 is 0. The fourth-order valence-electron chi connectivity index (χ4n) is 0. The summed E-state index contributed by atoms with van der Waals surface area (Å²) in [5, 5.41) is 15.1. The van der Waals surface area contributed by atoms with Crippen LogP contribution in [0.5, 0.6) is 0 Å². The van der Waals surface area contributed by atoms with Gasteiger partial charge < -0.3 is 10.2 Å². The Kier molecular flexibility index (Phi) is 71.6. The molecule has 0 aromatic heterocycles. The monoisotopic (exact) mass is 155 g/mol. The quantitative estimate of drug-likeness (QED) is 0.484. The summed E-state index contributed by atoms with van der Waals surface area (Å²) in [4.78, 5) is 0. The number of aliphatic hydroxyl groups excluding tert-OH is 2. The molecule has 0 aromatic carbocycles. The summed E-state index contributed by atoms with van der Waals surface area (Å²) < 4.78 is 0. The minimum Gasteiger partial charge on any atom is -0.397 e. The molecule has 0 bridgehead atoms. The molecule has 51 valence electrons. The zero-order valence-electron chi connectivity index (χ0n) is 4.61. The van der Waals surface area contributed by atoms with E-state index in [1.165, 1.54) is 0 Å². The predicted molar refractivity (Wildman–Crippen MR) is 25.5 cm³/mol. The van der Waals surface area contributed by atoms with Crippen LogP contribution in [-0.2, 0) is 17.1 Å². The van der Waals surface area contributed by atoms with Crippen LogP contribution in [0.1, 0.15) is 13.8 Å². The molecule has 0 aromatic rings. The van der Waals surface area contributed by atoms with E-state index in [9.17, 15) is 0 Å². The Bertz CT molecular complexity index is 11.7. The van der Waals surface area contributed by atoms with Crippen molar-refractivity contribution in [2.24, 2.45) is 0 Å². The summed E-state index contributed by atoms with van der Waals surface area (Å²) in [6, 6.07) is 0. The molecular weight excluding hydrogens is 144 g/mol. The van der Waals surface area contributed by atoms with Gasteiger partial charge in [-0.1, -0.05) is 0 Å². The van der Waals surface area contributed by atoms with Gasteiger partial charge in [0.25, 0.3) is 0 Å². The molecule has 0 aliphatic heterocycles. The fraction of sp³-hybridized carbons (Fsp3) is 1.00. The smallest absolute Gasteiger partial charge is 0.0402 e. The van der Waals surface area contributed by atoms with Crippen LogP contribution in [-0.4, -0.2) is 23.4 Å². The summed E-state index contributed by atoms with van der Waals surface area (Å²) in [7, 11) is 0. The molecule has 0 aliphatic rings. The Morgan fingerprint density at radius 3 is 1.00 bits per heavy atom. The van der Waals surface area contributed by atoms with Gasteiger partial charge in [-0.15, -0.1) is 0 Å². The van der Waals surface area contributed by atoms with Crippen molar-refractivity contribution in [1.82, 2.24) is 0 Å². The molecular formula is C4H12CuO2. The maximum atomic E-state index is 7.57. The molecule has 3 heteroatoms. The van der Waals surface area contributed by atoms with E-state index in [4.69, 9.17) is 10.2 Å². The predicted octanol–water partition coefficient (Wildman–Crippen LogP) is -0.00530. The molecule has 0 spiro atoms. The third-order valence-corrected chi connectivity index (χ3v) is 0. The Morgan fingerprint density at radius 2 is 1.00 bits per heavy atom. The maximum Gasteiger partial charge on any atom is 0.0402 e. The minimum atomic E-state index is 0. The second kappa shape index (κ2) is 32.0. The zero-order valence-corrected chi connectivity index (χ0v) is 5.55. The van der Waals surface area contributed by atoms with Crippen LogP contribution in [0.3, 0.4) is 0 Å². The second-order valence-corrected chi connectivity index (χ2v) is 0.632. The molecule has 0 saturated heterocycles. The Labute approximate surface area is 55.0 Å². The average Bonchev–Trinajstić information content (AvgIpc) is 1.39. The molecule has 0 unspecified atom stereocenters. The van der Waals surface area contributed by atoms with Crippen molar-refractivity contribution < 1.29 is 27.3 Å². The number of hydrogen-bond donors (Lipinski definition) is 2. The van der Waals surface area contributed by atoms with Crippen molar-refractivity contribution in [1.29, 1.82) is 0 Å². The van der Waals surface area contributed by atoms with E-state index in [1.54, 1.807) is 13.8 Å². The van der Waals surface area contributed by atoms with Gasteiger partial charge in [0, 0.05) is 30.3 Å². The van der Waals surface area contributed by atoms with E-state index in [-0.39, 0.29) is 30.3 Å². The number of aliphatic hydroxyl groups is 2. The summed E-state index contributed by atoms with van der Waals surface area (Å²) in [6.07, 6.45) is 0. The Hall–Kier alpha value is 0.439. The average molecular weight is 156 g/mol. The topological polar surface area (TPSA) is 40.5 Å². The first-order valence-electron chi connectivity index (χ1n) is 2.05. The molecule has 0 heterocycles. The molecule has 0 saturated carbocycles. The van der Waals surface area contributed by atoms with E-state index in [1.807, 2.05) is 0 Å². The SMILES string of the molecule is CCO.CCO.[Cu]. The largest absolute Gasteiger partial charge is 0.397 e. The number of hydrogen-bond acceptors (Lipinski definition) is 2. The van der Waals surface area contributed by atoms with E-state index in [2.05, 4.69) is 0 Å². The molecule has 7 heavy (non-hydrogen) atoms. The Balaban J connectivity index is -0.0000000400. The van der Waals surface area contributed by atoms with Crippen LogP contribution >= 0.6 is 0 Å². The van der Waals surface area contributed by atoms with Gasteiger partial charge in [0.2, 0.25) is 0 Å². The Morgan fingerprint density at radius 1 is 1.00 bits per heavy atom. The van der Waals surface area contributed by atoms with Crippen LogP contribution in [0.2, 0.25) is 0 Å². The van der Waals surface area contributed by atoms with Crippen LogP contribution in [0, 0.1) is 0 Å². The van der Waals surface area contributed by atoms with E-state index >= 15 is 0 Å². The summed E-state index contributed by atoms with van der Waals surface area (Å²) in [5.41, 5.74) is 0. The molecule has 2 nitrogen and oxygen atoms in total. The van der Waals surface area contributed by atoms with Crippen molar-refractivity contribution in [2.75, 3.05) is 13.2 Å². The van der Waals surface area contributed by atoms with Gasteiger partial charge in [-0.2, -0.15) is 0 Å². The standard InChI is InChI=1S/2C2H6O.Cu/c2*1-2-3;/h2*3H,2H2,1H3;. The van der Waals surface area contributed by atoms with E-state index < -0.39 is 0 Å². The van der Waals surface area contributed by atoms with E-state index in [0.29, 0.717) is 0 Å². The fourth-order valence-corrected chi connectivity index (χ4v) is 0. The van der Waals surface area contributed by atoms with Crippen LogP contribution in [0.15, 0.2) is 0 Å². The van der Waals surface area contributed by atoms with Crippen molar-refractivity contribution >= 4 is 0 Å². The van der Waals surface area contributed by atoms with Crippen molar-refractivity contribution in [3.8, 4) is 0 Å². The molecule has 0 rings (SSSR count). The van der Waals surface area contributed by atoms with Gasteiger partial charge in [0.05, 0.1) is 0 Å². The molecule has 1 radical (unpaired) electrons. The van der Waals surface area contributed by atoms with Crippen LogP contribution in [0.4, 0.5) is 0 Å². The second-order valence-electron chi connectivity index (χ2n) is 0.632. The minimum absolute atomic E-state index is 0. The third kappa shape index (κ3) is 657. The number of rotatable bonds is 0. The van der Waals surface area contributed by atoms with Gasteiger partial charge in [-0.25, -0.2) is 0 Å². The summed E-state index contributed by atoms with van der Waals surface area (Å²) in [6.45, 7) is 3.86. The van der Waals surface area contributed by atoms with Crippen molar-refractivity contribution in [3.05, 3.63) is 0 Å². The first-order valence-corrected chi connectivity index (χ1v) is 2.05. The van der Waals surface area contributed by atoms with Crippen molar-refractivity contribution in [2.45, 2.75) is 13.8 Å². The van der Waals surface area contributed by atoms with Gasteiger partial charge >= 0.3 is 0 Å². The zero-order chi connectivity index (χ0) is 5.41. The van der Waals surface area contributed by atoms with Gasteiger partial charge in [0.1, 0.15) is 0 Å². The normalized spacial score (nSPS) is 5.14. The van der Waals surface area contributed by atoms with Crippen LogP contribution in [0.25, 0.3) is 0 Å². The molecule has 0 aliphatic carbocycles. The van der Waals surface area contributed by atoms with Gasteiger partial charge in [0.15, 0.2) is 0 Å². The van der Waals surface area contributed by atoms with Gasteiger partial charge in [-0.05, 0) is 13.8 Å². The first-order chi connectivity index (χ1) is 2.83. The van der Waals surface area contributed by atoms with Gasteiger partial charge in [-0.3, -0.25) is 0 Å². The van der Waals surface area contributed by atoms with E-state index in [0.717, 1.165) is 0 Å². The molecule has 0 atom stereocenters. The summed E-state index contributed by atoms with van der Waals surface area (Å²) in [5.74, 6) is 0. The maximum absolute atomic E-state index is 7.57. The van der Waals surface area contributed by atoms with Crippen LogP contribution < -0.4 is 0 Å². The third-order valence-electron chi connectivity index (χ3n) is 0. The van der Waals surface area contributed by atoms with Crippen molar-refractivity contribution in [3.63, 3.8) is 0 Å². The molecule has 2 N–H and O–H groups in total.